The lowest BCUT2D eigenvalue weighted by atomic mass is 10.1. The second-order valence-corrected chi connectivity index (χ2v) is 7.77. The third kappa shape index (κ3) is 4.45. The lowest BCUT2D eigenvalue weighted by molar-refractivity contribution is 0.0846. The molecule has 8 nitrogen and oxygen atoms in total. The van der Waals surface area contributed by atoms with E-state index in [9.17, 15) is 9.59 Å². The van der Waals surface area contributed by atoms with Crippen molar-refractivity contribution in [2.75, 3.05) is 0 Å². The first-order chi connectivity index (χ1) is 17.1. The molecule has 0 aliphatic rings. The zero-order chi connectivity index (χ0) is 24.2. The van der Waals surface area contributed by atoms with Gasteiger partial charge in [0.2, 0.25) is 0 Å². The summed E-state index contributed by atoms with van der Waals surface area (Å²) in [6, 6.07) is 28.1. The first-order valence-electron chi connectivity index (χ1n) is 10.9. The van der Waals surface area contributed by atoms with E-state index in [0.717, 1.165) is 16.8 Å². The van der Waals surface area contributed by atoms with Crippen molar-refractivity contribution in [3.8, 4) is 28.2 Å². The summed E-state index contributed by atoms with van der Waals surface area (Å²) >= 11 is 0. The number of nitrogens with one attached hydrogen (secondary N) is 2. The second kappa shape index (κ2) is 9.48. The number of para-hydroxylation sites is 1. The zero-order valence-electron chi connectivity index (χ0n) is 18.8. The van der Waals surface area contributed by atoms with Gasteiger partial charge in [-0.25, -0.2) is 4.68 Å². The topological polar surface area (TPSA) is 102 Å². The van der Waals surface area contributed by atoms with Crippen molar-refractivity contribution in [1.82, 2.24) is 25.8 Å². The number of aromatic nitrogens is 3. The number of hydrazine groups is 1. The number of aryl methyl sites for hydroxylation is 1. The molecule has 35 heavy (non-hydrogen) atoms. The van der Waals surface area contributed by atoms with Crippen LogP contribution in [-0.4, -0.2) is 26.8 Å². The number of carbonyl (C=O) groups excluding carboxylic acids is 2. The predicted octanol–water partition coefficient (Wildman–Crippen LogP) is 4.58. The Labute approximate surface area is 201 Å². The zero-order valence-corrected chi connectivity index (χ0v) is 18.8. The third-order valence-corrected chi connectivity index (χ3v) is 5.45. The summed E-state index contributed by atoms with van der Waals surface area (Å²) in [5, 5.41) is 8.66. The summed E-state index contributed by atoms with van der Waals surface area (Å²) in [6.45, 7) is 1.65. The fourth-order valence-corrected chi connectivity index (χ4v) is 3.74. The molecule has 2 aromatic heterocycles. The summed E-state index contributed by atoms with van der Waals surface area (Å²) in [4.78, 5) is 26.2. The lowest BCUT2D eigenvalue weighted by Gasteiger charge is -2.08. The van der Waals surface area contributed by atoms with E-state index in [0.29, 0.717) is 22.7 Å². The minimum absolute atomic E-state index is 0.250. The van der Waals surface area contributed by atoms with Crippen LogP contribution in [0.15, 0.2) is 102 Å². The summed E-state index contributed by atoms with van der Waals surface area (Å²) < 4.78 is 6.89. The van der Waals surface area contributed by atoms with E-state index in [1.54, 1.807) is 17.8 Å². The maximum atomic E-state index is 13.2. The van der Waals surface area contributed by atoms with Crippen LogP contribution in [0.5, 0.6) is 0 Å². The van der Waals surface area contributed by atoms with Crippen molar-refractivity contribution in [2.24, 2.45) is 0 Å². The molecule has 2 N–H and O–H groups in total. The molecule has 0 unspecified atom stereocenters. The van der Waals surface area contributed by atoms with Crippen LogP contribution in [0.4, 0.5) is 0 Å². The van der Waals surface area contributed by atoms with Crippen molar-refractivity contribution in [3.63, 3.8) is 0 Å². The van der Waals surface area contributed by atoms with Crippen molar-refractivity contribution in [3.05, 3.63) is 114 Å². The average molecular weight is 463 g/mol. The molecule has 5 aromatic rings. The van der Waals surface area contributed by atoms with Crippen LogP contribution in [0.1, 0.15) is 26.5 Å². The van der Waals surface area contributed by atoms with Gasteiger partial charge in [0, 0.05) is 17.3 Å². The minimum atomic E-state index is -0.535. The van der Waals surface area contributed by atoms with E-state index in [2.05, 4.69) is 21.1 Å². The third-order valence-electron chi connectivity index (χ3n) is 5.45. The van der Waals surface area contributed by atoms with E-state index in [1.165, 1.54) is 0 Å². The van der Waals surface area contributed by atoms with Crippen LogP contribution in [-0.2, 0) is 0 Å². The SMILES string of the molecule is Cc1onc(-c2ccccc2)c1C(=O)NNC(=O)c1cn(-c2ccccc2)nc1-c1ccccc1. The Balaban J connectivity index is 1.42. The van der Waals surface area contributed by atoms with Gasteiger partial charge in [0.1, 0.15) is 22.7 Å². The molecule has 0 fully saturated rings. The Morgan fingerprint density at radius 2 is 1.29 bits per heavy atom. The molecule has 2 heterocycles. The highest BCUT2D eigenvalue weighted by molar-refractivity contribution is 6.04. The number of amides is 2. The Kier molecular flexibility index (Phi) is 5.92. The van der Waals surface area contributed by atoms with Crippen LogP contribution in [0.25, 0.3) is 28.2 Å². The second-order valence-electron chi connectivity index (χ2n) is 7.77. The normalized spacial score (nSPS) is 10.7. The largest absolute Gasteiger partial charge is 0.360 e. The van der Waals surface area contributed by atoms with Gasteiger partial charge in [0.05, 0.1) is 11.3 Å². The molecular formula is C27H21N5O3. The summed E-state index contributed by atoms with van der Waals surface area (Å²) in [6.07, 6.45) is 1.64. The average Bonchev–Trinajstić information content (AvgIpc) is 3.53. The summed E-state index contributed by atoms with van der Waals surface area (Å²) in [5.74, 6) is -0.695. The molecule has 0 saturated heterocycles. The fraction of sp³-hybridized carbons (Fsp3) is 0.0370. The fourth-order valence-electron chi connectivity index (χ4n) is 3.74. The molecule has 172 valence electrons. The summed E-state index contributed by atoms with van der Waals surface area (Å²) in [5.41, 5.74) is 8.76. The molecule has 0 spiro atoms. The lowest BCUT2D eigenvalue weighted by Crippen LogP contribution is -2.42. The Bertz CT molecular complexity index is 1480. The van der Waals surface area contributed by atoms with Gasteiger partial charge in [0.25, 0.3) is 11.8 Å². The number of rotatable bonds is 5. The number of hydrogen-bond donors (Lipinski definition) is 2. The van der Waals surface area contributed by atoms with Gasteiger partial charge >= 0.3 is 0 Å². The monoisotopic (exact) mass is 463 g/mol. The Morgan fingerprint density at radius 3 is 1.91 bits per heavy atom. The molecule has 3 aromatic carbocycles. The highest BCUT2D eigenvalue weighted by Gasteiger charge is 2.23. The van der Waals surface area contributed by atoms with Gasteiger partial charge < -0.3 is 4.52 Å². The first-order valence-corrected chi connectivity index (χ1v) is 10.9. The van der Waals surface area contributed by atoms with E-state index in [4.69, 9.17) is 4.52 Å². The van der Waals surface area contributed by atoms with Gasteiger partial charge in [-0.3, -0.25) is 20.4 Å². The van der Waals surface area contributed by atoms with E-state index >= 15 is 0 Å². The van der Waals surface area contributed by atoms with Crippen LogP contribution in [0, 0.1) is 6.92 Å². The Morgan fingerprint density at radius 1 is 0.743 bits per heavy atom. The van der Waals surface area contributed by atoms with Crippen LogP contribution in [0.2, 0.25) is 0 Å². The molecule has 0 atom stereocenters. The van der Waals surface area contributed by atoms with E-state index < -0.39 is 11.8 Å². The Hall–Kier alpha value is -4.98. The van der Waals surface area contributed by atoms with Crippen LogP contribution in [0.3, 0.4) is 0 Å². The molecule has 0 bridgehead atoms. The summed E-state index contributed by atoms with van der Waals surface area (Å²) in [7, 11) is 0. The molecule has 2 amide bonds. The standard InChI is InChI=1S/C27H21N5O3/c1-18-23(25(31-35-18)20-13-7-3-8-14-20)27(34)29-28-26(33)22-17-32(21-15-9-4-10-16-21)30-24(22)19-11-5-2-6-12-19/h2-17H,1H3,(H,28,33)(H,29,34). The van der Waals surface area contributed by atoms with Crippen molar-refractivity contribution in [2.45, 2.75) is 6.92 Å². The maximum absolute atomic E-state index is 13.2. The van der Waals surface area contributed by atoms with Gasteiger partial charge in [-0.1, -0.05) is 84.0 Å². The van der Waals surface area contributed by atoms with Gasteiger partial charge in [-0.05, 0) is 19.1 Å². The molecule has 0 aliphatic heterocycles. The maximum Gasteiger partial charge on any atom is 0.275 e. The molecular weight excluding hydrogens is 442 g/mol. The van der Waals surface area contributed by atoms with E-state index in [-0.39, 0.29) is 5.56 Å². The van der Waals surface area contributed by atoms with E-state index in [1.807, 2.05) is 91.0 Å². The van der Waals surface area contributed by atoms with Crippen molar-refractivity contribution < 1.29 is 14.1 Å². The molecule has 0 saturated carbocycles. The highest BCUT2D eigenvalue weighted by Crippen LogP contribution is 2.25. The quantitative estimate of drug-likeness (QED) is 0.372. The van der Waals surface area contributed by atoms with Gasteiger partial charge in [-0.15, -0.1) is 0 Å². The predicted molar refractivity (Wildman–Crippen MR) is 131 cm³/mol. The highest BCUT2D eigenvalue weighted by atomic mass is 16.5. The smallest absolute Gasteiger partial charge is 0.275 e. The number of carbonyl (C=O) groups is 2. The number of nitrogens with zero attached hydrogens (tertiary/aromatic N) is 3. The van der Waals surface area contributed by atoms with Crippen LogP contribution >= 0.6 is 0 Å². The molecule has 0 aliphatic carbocycles. The molecule has 0 radical (unpaired) electrons. The minimum Gasteiger partial charge on any atom is -0.360 e. The number of hydrogen-bond acceptors (Lipinski definition) is 5. The molecule has 8 heteroatoms. The van der Waals surface area contributed by atoms with Crippen LogP contribution < -0.4 is 10.9 Å². The number of benzene rings is 3. The van der Waals surface area contributed by atoms with Gasteiger partial charge in [0.15, 0.2) is 0 Å². The van der Waals surface area contributed by atoms with Crippen molar-refractivity contribution in [1.29, 1.82) is 0 Å². The first kappa shape index (κ1) is 21.8. The van der Waals surface area contributed by atoms with Gasteiger partial charge in [-0.2, -0.15) is 5.10 Å². The van der Waals surface area contributed by atoms with Crippen molar-refractivity contribution >= 4 is 11.8 Å². The molecule has 5 rings (SSSR count).